The minimum absolute atomic E-state index is 0.0422. The first-order valence-corrected chi connectivity index (χ1v) is 11.7. The Morgan fingerprint density at radius 3 is 2.50 bits per heavy atom. The van der Waals surface area contributed by atoms with Crippen LogP contribution in [0.5, 0.6) is 11.5 Å². The van der Waals surface area contributed by atoms with Crippen LogP contribution in [0.1, 0.15) is 22.3 Å². The van der Waals surface area contributed by atoms with Crippen molar-refractivity contribution >= 4 is 33.2 Å². The largest absolute Gasteiger partial charge is 0.489 e. The minimum Gasteiger partial charge on any atom is -0.489 e. The van der Waals surface area contributed by atoms with Crippen molar-refractivity contribution < 1.29 is 22.7 Å². The van der Waals surface area contributed by atoms with Crippen LogP contribution in [0.25, 0.3) is 0 Å². The number of carbonyl (C=O) groups is 1. The number of hydrogen-bond acceptors (Lipinski definition) is 6. The maximum Gasteiger partial charge on any atom is 0.261 e. The molecule has 1 amide bonds. The first-order chi connectivity index (χ1) is 15.4. The van der Waals surface area contributed by atoms with Crippen molar-refractivity contribution in [1.82, 2.24) is 10.3 Å². The van der Waals surface area contributed by atoms with Gasteiger partial charge < -0.3 is 14.8 Å². The number of nitrogens with zero attached hydrogens (tertiary/aromatic N) is 1. The Balaban J connectivity index is 1.41. The predicted octanol–water partition coefficient (Wildman–Crippen LogP) is 3.63. The van der Waals surface area contributed by atoms with Crippen molar-refractivity contribution in [2.45, 2.75) is 17.9 Å². The highest BCUT2D eigenvalue weighted by molar-refractivity contribution is 7.92. The van der Waals surface area contributed by atoms with E-state index in [2.05, 4.69) is 15.0 Å². The number of nitrogens with one attached hydrogen (secondary N) is 2. The average Bonchev–Trinajstić information content (AvgIpc) is 3.04. The number of fused-ring (bicyclic) bond motifs is 1. The van der Waals surface area contributed by atoms with Crippen molar-refractivity contribution in [2.24, 2.45) is 0 Å². The Kier molecular flexibility index (Phi) is 6.48. The number of anilines is 1. The van der Waals surface area contributed by atoms with E-state index in [0.29, 0.717) is 41.0 Å². The summed E-state index contributed by atoms with van der Waals surface area (Å²) in [5.74, 6) is 0.714. The van der Waals surface area contributed by atoms with E-state index in [0.717, 1.165) is 12.0 Å². The molecule has 0 saturated carbocycles. The molecule has 0 bridgehead atoms. The third kappa shape index (κ3) is 5.12. The highest BCUT2D eigenvalue weighted by Gasteiger charge is 2.17. The Labute approximate surface area is 190 Å². The number of amides is 1. The Morgan fingerprint density at radius 1 is 1.03 bits per heavy atom. The summed E-state index contributed by atoms with van der Waals surface area (Å²) in [7, 11) is -3.78. The van der Waals surface area contributed by atoms with Gasteiger partial charge in [-0.1, -0.05) is 11.6 Å². The molecule has 10 heteroatoms. The summed E-state index contributed by atoms with van der Waals surface area (Å²) in [5.41, 5.74) is 1.48. The maximum atomic E-state index is 12.5. The lowest BCUT2D eigenvalue weighted by molar-refractivity contribution is 0.0950. The van der Waals surface area contributed by atoms with Crippen LogP contribution >= 0.6 is 11.6 Å². The molecule has 0 fully saturated rings. The van der Waals surface area contributed by atoms with Crippen LogP contribution in [0.4, 0.5) is 5.69 Å². The molecule has 166 valence electrons. The van der Waals surface area contributed by atoms with Gasteiger partial charge in [-0.05, 0) is 54.1 Å². The summed E-state index contributed by atoms with van der Waals surface area (Å²) in [6.45, 7) is 1.29. The molecule has 0 unspecified atom stereocenters. The molecule has 2 aromatic carbocycles. The second kappa shape index (κ2) is 9.46. The van der Waals surface area contributed by atoms with Gasteiger partial charge in [0.1, 0.15) is 0 Å². The molecule has 2 N–H and O–H groups in total. The van der Waals surface area contributed by atoms with Crippen molar-refractivity contribution in [2.75, 3.05) is 17.9 Å². The van der Waals surface area contributed by atoms with Crippen molar-refractivity contribution in [3.8, 4) is 11.5 Å². The maximum absolute atomic E-state index is 12.5. The summed E-state index contributed by atoms with van der Waals surface area (Å²) in [6.07, 6.45) is 3.74. The highest BCUT2D eigenvalue weighted by Crippen LogP contribution is 2.38. The minimum atomic E-state index is -3.78. The van der Waals surface area contributed by atoms with E-state index >= 15 is 0 Å². The molecule has 8 nitrogen and oxygen atoms in total. The van der Waals surface area contributed by atoms with E-state index in [4.69, 9.17) is 21.1 Å². The molecule has 3 aromatic rings. The van der Waals surface area contributed by atoms with E-state index in [1.807, 2.05) is 0 Å². The van der Waals surface area contributed by atoms with E-state index in [-0.39, 0.29) is 17.3 Å². The van der Waals surface area contributed by atoms with Crippen molar-refractivity contribution in [3.05, 3.63) is 77.1 Å². The summed E-state index contributed by atoms with van der Waals surface area (Å²) >= 11 is 6.29. The molecule has 1 aliphatic rings. The lowest BCUT2D eigenvalue weighted by atomic mass is 10.1. The van der Waals surface area contributed by atoms with Gasteiger partial charge in [0, 0.05) is 30.9 Å². The zero-order valence-corrected chi connectivity index (χ0v) is 18.4. The smallest absolute Gasteiger partial charge is 0.261 e. The molecule has 1 aliphatic heterocycles. The van der Waals surface area contributed by atoms with E-state index in [1.54, 1.807) is 24.3 Å². The van der Waals surface area contributed by atoms with Crippen LogP contribution in [0, 0.1) is 0 Å². The van der Waals surface area contributed by atoms with Crippen molar-refractivity contribution in [1.29, 1.82) is 0 Å². The van der Waals surface area contributed by atoms with Gasteiger partial charge >= 0.3 is 0 Å². The molecule has 1 aromatic heterocycles. The quantitative estimate of drug-likeness (QED) is 0.566. The zero-order chi connectivity index (χ0) is 22.6. The molecular formula is C22H20ClN3O5S. The molecular weight excluding hydrogens is 454 g/mol. The van der Waals surface area contributed by atoms with Crippen LogP contribution in [0.15, 0.2) is 65.8 Å². The highest BCUT2D eigenvalue weighted by atomic mass is 35.5. The second-order valence-electron chi connectivity index (χ2n) is 7.00. The van der Waals surface area contributed by atoms with Crippen molar-refractivity contribution in [3.63, 3.8) is 0 Å². The monoisotopic (exact) mass is 473 g/mol. The number of aromatic nitrogens is 1. The van der Waals surface area contributed by atoms with Crippen LogP contribution in [-0.4, -0.2) is 32.5 Å². The summed E-state index contributed by atoms with van der Waals surface area (Å²) < 4.78 is 38.7. The van der Waals surface area contributed by atoms with Gasteiger partial charge in [0.25, 0.3) is 15.9 Å². The number of benzene rings is 2. The lowest BCUT2D eigenvalue weighted by Crippen LogP contribution is -2.23. The molecule has 0 spiro atoms. The first-order valence-electron chi connectivity index (χ1n) is 9.81. The van der Waals surface area contributed by atoms with Gasteiger partial charge in [-0.2, -0.15) is 0 Å². The summed E-state index contributed by atoms with van der Waals surface area (Å²) in [6, 6.07) is 12.3. The summed E-state index contributed by atoms with van der Waals surface area (Å²) in [4.78, 5) is 16.4. The fraction of sp³-hybridized carbons (Fsp3) is 0.182. The van der Waals surface area contributed by atoms with Gasteiger partial charge in [0.05, 0.1) is 28.8 Å². The molecule has 0 radical (unpaired) electrons. The molecule has 2 heterocycles. The Bertz CT molecular complexity index is 1220. The van der Waals surface area contributed by atoms with E-state index in [9.17, 15) is 13.2 Å². The molecule has 32 heavy (non-hydrogen) atoms. The second-order valence-corrected chi connectivity index (χ2v) is 9.09. The fourth-order valence-corrected chi connectivity index (χ4v) is 4.44. The first kappa shape index (κ1) is 21.9. The number of ether oxygens (including phenoxy) is 2. The number of sulfonamides is 1. The van der Waals surface area contributed by atoms with E-state index < -0.39 is 10.0 Å². The number of hydrogen-bond donors (Lipinski definition) is 2. The normalized spacial score (nSPS) is 13.2. The van der Waals surface area contributed by atoms with E-state index in [1.165, 1.54) is 36.7 Å². The number of pyridine rings is 1. The fourth-order valence-electron chi connectivity index (χ4n) is 3.09. The van der Waals surface area contributed by atoms with Crippen LogP contribution in [0.2, 0.25) is 5.02 Å². The third-order valence-corrected chi connectivity index (χ3v) is 6.35. The Morgan fingerprint density at radius 2 is 1.75 bits per heavy atom. The zero-order valence-electron chi connectivity index (χ0n) is 16.9. The Hall–Kier alpha value is -3.30. The van der Waals surface area contributed by atoms with Gasteiger partial charge in [0.15, 0.2) is 11.5 Å². The number of rotatable bonds is 6. The number of carbonyl (C=O) groups excluding carboxylic acids is 1. The lowest BCUT2D eigenvalue weighted by Gasteiger charge is -2.12. The predicted molar refractivity (Wildman–Crippen MR) is 120 cm³/mol. The molecule has 0 saturated heterocycles. The van der Waals surface area contributed by atoms with Crippen LogP contribution in [-0.2, 0) is 16.6 Å². The standard InChI is InChI=1S/C22H20ClN3O5S/c23-19-12-15(13-20-21(19)31-11-1-10-30-20)14-25-22(27)16-2-4-18(5-3-16)32(28,29)26-17-6-8-24-9-7-17/h2-9,12-13H,1,10-11,14H2,(H,24,26)(H,25,27). The van der Waals surface area contributed by atoms with Crippen LogP contribution in [0.3, 0.4) is 0 Å². The molecule has 0 atom stereocenters. The van der Waals surface area contributed by atoms with Gasteiger partial charge in [-0.3, -0.25) is 14.5 Å². The molecule has 0 aliphatic carbocycles. The summed E-state index contributed by atoms with van der Waals surface area (Å²) in [5, 5.41) is 3.22. The van der Waals surface area contributed by atoms with Crippen LogP contribution < -0.4 is 19.5 Å². The molecule has 4 rings (SSSR count). The SMILES string of the molecule is O=C(NCc1cc(Cl)c2c(c1)OCCCO2)c1ccc(S(=O)(=O)Nc2ccncc2)cc1. The average molecular weight is 474 g/mol. The van der Waals surface area contributed by atoms with Gasteiger partial charge in [0.2, 0.25) is 0 Å². The van der Waals surface area contributed by atoms with Gasteiger partial charge in [-0.25, -0.2) is 8.42 Å². The number of halogens is 1. The van der Waals surface area contributed by atoms with Gasteiger partial charge in [-0.15, -0.1) is 0 Å². The third-order valence-electron chi connectivity index (χ3n) is 4.67. The topological polar surface area (TPSA) is 107 Å².